The van der Waals surface area contributed by atoms with Gasteiger partial charge in [-0.15, -0.1) is 0 Å². The van der Waals surface area contributed by atoms with E-state index in [4.69, 9.17) is 9.05 Å². The largest absolute Gasteiger partial charge is 0.472 e. The van der Waals surface area contributed by atoms with Gasteiger partial charge >= 0.3 is 7.82 Å². The second-order valence-electron chi connectivity index (χ2n) is 19.3. The second-order valence-corrected chi connectivity index (χ2v) is 20.7. The van der Waals surface area contributed by atoms with Crippen LogP contribution >= 0.6 is 7.82 Å². The van der Waals surface area contributed by atoms with Crippen LogP contribution in [0.1, 0.15) is 251 Å². The van der Waals surface area contributed by atoms with Crippen molar-refractivity contribution >= 4 is 13.7 Å². The molecule has 9 heteroatoms. The molecule has 3 unspecified atom stereocenters. The van der Waals surface area contributed by atoms with Gasteiger partial charge in [0.05, 0.1) is 39.9 Å². The summed E-state index contributed by atoms with van der Waals surface area (Å²) in [5, 5.41) is 13.9. The zero-order chi connectivity index (χ0) is 45.0. The van der Waals surface area contributed by atoms with E-state index in [2.05, 4.69) is 31.3 Å². The van der Waals surface area contributed by atoms with E-state index in [1.807, 2.05) is 27.2 Å². The summed E-state index contributed by atoms with van der Waals surface area (Å²) in [5.41, 5.74) is 0. The first-order valence-electron chi connectivity index (χ1n) is 26.2. The molecule has 1 amide bonds. The fraction of sp³-hybridized carbons (Fsp3) is 0.904. The van der Waals surface area contributed by atoms with Crippen molar-refractivity contribution in [2.24, 2.45) is 0 Å². The van der Waals surface area contributed by atoms with Gasteiger partial charge in [-0.25, -0.2) is 4.57 Å². The molecule has 0 bridgehead atoms. The molecule has 0 aromatic rings. The van der Waals surface area contributed by atoms with Crippen LogP contribution in [0.2, 0.25) is 0 Å². The van der Waals surface area contributed by atoms with Crippen LogP contribution in [0.3, 0.4) is 0 Å². The maximum absolute atomic E-state index is 12.9. The molecule has 0 saturated heterocycles. The zero-order valence-corrected chi connectivity index (χ0v) is 42.1. The van der Waals surface area contributed by atoms with Gasteiger partial charge in [0.25, 0.3) is 0 Å². The fourth-order valence-corrected chi connectivity index (χ4v) is 8.48. The van der Waals surface area contributed by atoms with Crippen LogP contribution < -0.4 is 5.32 Å². The highest BCUT2D eigenvalue weighted by Gasteiger charge is 2.27. The monoisotopic (exact) mass is 884 g/mol. The van der Waals surface area contributed by atoms with Gasteiger partial charge in [0, 0.05) is 6.42 Å². The number of amides is 1. The van der Waals surface area contributed by atoms with Crippen molar-refractivity contribution in [3.05, 3.63) is 24.3 Å². The summed E-state index contributed by atoms with van der Waals surface area (Å²) in [6.45, 7) is 4.84. The lowest BCUT2D eigenvalue weighted by Gasteiger charge is -2.25. The molecule has 3 N–H and O–H groups in total. The molecule has 0 aliphatic carbocycles. The second kappa shape index (κ2) is 44.2. The Morgan fingerprint density at radius 1 is 0.541 bits per heavy atom. The summed E-state index contributed by atoms with van der Waals surface area (Å²) in [5.74, 6) is -0.177. The lowest BCUT2D eigenvalue weighted by Crippen LogP contribution is -2.45. The predicted octanol–water partition coefficient (Wildman–Crippen LogP) is 15.3. The number of quaternary nitrogens is 1. The summed E-state index contributed by atoms with van der Waals surface area (Å²) in [6, 6.07) is -0.845. The molecule has 0 aliphatic heterocycles. The first kappa shape index (κ1) is 60.0. The molecule has 0 aliphatic rings. The number of phosphoric ester groups is 1. The Kier molecular flexibility index (Phi) is 43.5. The van der Waals surface area contributed by atoms with Crippen LogP contribution in [0.5, 0.6) is 0 Å². The first-order valence-corrected chi connectivity index (χ1v) is 27.7. The van der Waals surface area contributed by atoms with Crippen LogP contribution in [-0.4, -0.2) is 73.4 Å². The summed E-state index contributed by atoms with van der Waals surface area (Å²) < 4.78 is 23.7. The molecule has 0 fully saturated rings. The predicted molar refractivity (Wildman–Crippen MR) is 263 cm³/mol. The van der Waals surface area contributed by atoms with Crippen molar-refractivity contribution < 1.29 is 32.9 Å². The third kappa shape index (κ3) is 46.8. The number of unbranched alkanes of at least 4 members (excludes halogenated alkanes) is 33. The Bertz CT molecular complexity index is 1050. The molecule has 0 aromatic carbocycles. The average Bonchev–Trinajstić information content (AvgIpc) is 3.21. The highest BCUT2D eigenvalue weighted by molar-refractivity contribution is 7.47. The quantitative estimate of drug-likeness (QED) is 0.0243. The number of phosphoric acid groups is 1. The SMILES string of the molecule is CCCCCCCC/C=C\CCCCCCCCCCCC(=O)NC(COP(=O)(O)OCC[N+](C)(C)C)C(O)/C=C/CCCCCCCCCCCCCCCCCCCC. The summed E-state index contributed by atoms with van der Waals surface area (Å²) in [6.07, 6.45) is 54.0. The van der Waals surface area contributed by atoms with Gasteiger partial charge in [-0.3, -0.25) is 13.8 Å². The summed E-state index contributed by atoms with van der Waals surface area (Å²) in [7, 11) is 1.58. The molecule has 0 saturated carbocycles. The Morgan fingerprint density at radius 3 is 1.26 bits per heavy atom. The van der Waals surface area contributed by atoms with E-state index in [1.165, 1.54) is 193 Å². The summed E-state index contributed by atoms with van der Waals surface area (Å²) in [4.78, 5) is 23.2. The van der Waals surface area contributed by atoms with Gasteiger partial charge in [-0.2, -0.15) is 0 Å². The van der Waals surface area contributed by atoms with Crippen molar-refractivity contribution in [2.75, 3.05) is 40.9 Å². The molecule has 0 spiro atoms. The zero-order valence-electron chi connectivity index (χ0n) is 41.2. The minimum atomic E-state index is -4.34. The molecule has 0 heterocycles. The number of allylic oxidation sites excluding steroid dienone is 3. The molecule has 8 nitrogen and oxygen atoms in total. The van der Waals surface area contributed by atoms with Gasteiger partial charge in [-0.05, 0) is 44.9 Å². The van der Waals surface area contributed by atoms with E-state index in [0.29, 0.717) is 17.4 Å². The third-order valence-corrected chi connectivity index (χ3v) is 12.9. The van der Waals surface area contributed by atoms with Crippen LogP contribution in [0.25, 0.3) is 0 Å². The fourth-order valence-electron chi connectivity index (χ4n) is 7.74. The summed E-state index contributed by atoms with van der Waals surface area (Å²) >= 11 is 0. The number of hydrogen-bond acceptors (Lipinski definition) is 5. The highest BCUT2D eigenvalue weighted by Crippen LogP contribution is 2.43. The van der Waals surface area contributed by atoms with Crippen molar-refractivity contribution in [1.29, 1.82) is 0 Å². The van der Waals surface area contributed by atoms with Crippen LogP contribution in [0.15, 0.2) is 24.3 Å². The Labute approximate surface area is 379 Å². The Morgan fingerprint density at radius 2 is 0.885 bits per heavy atom. The van der Waals surface area contributed by atoms with E-state index < -0.39 is 20.0 Å². The lowest BCUT2D eigenvalue weighted by molar-refractivity contribution is -0.870. The normalized spacial score (nSPS) is 14.3. The average molecular weight is 884 g/mol. The first-order chi connectivity index (χ1) is 29.5. The molecular formula is C52H104N2O6P+. The molecular weight excluding hydrogens is 780 g/mol. The van der Waals surface area contributed by atoms with Crippen molar-refractivity contribution in [2.45, 2.75) is 264 Å². The number of carbonyl (C=O) groups is 1. The van der Waals surface area contributed by atoms with E-state index in [-0.39, 0.29) is 19.1 Å². The topological polar surface area (TPSA) is 105 Å². The van der Waals surface area contributed by atoms with Crippen molar-refractivity contribution in [1.82, 2.24) is 5.32 Å². The Hall–Kier alpha value is -1.02. The smallest absolute Gasteiger partial charge is 0.387 e. The van der Waals surface area contributed by atoms with Crippen molar-refractivity contribution in [3.63, 3.8) is 0 Å². The van der Waals surface area contributed by atoms with E-state index in [0.717, 1.165) is 38.5 Å². The number of aliphatic hydroxyl groups excluding tert-OH is 1. The van der Waals surface area contributed by atoms with Crippen LogP contribution in [0, 0.1) is 0 Å². The highest BCUT2D eigenvalue weighted by atomic mass is 31.2. The van der Waals surface area contributed by atoms with E-state index >= 15 is 0 Å². The van der Waals surface area contributed by atoms with Gasteiger partial charge in [0.15, 0.2) is 0 Å². The van der Waals surface area contributed by atoms with E-state index in [9.17, 15) is 19.4 Å². The number of rotatable bonds is 48. The third-order valence-electron chi connectivity index (χ3n) is 11.9. The number of likely N-dealkylation sites (N-methyl/N-ethyl adjacent to an activating group) is 1. The number of nitrogens with zero attached hydrogens (tertiary/aromatic N) is 1. The number of hydrogen-bond donors (Lipinski definition) is 3. The molecule has 0 radical (unpaired) electrons. The van der Waals surface area contributed by atoms with Gasteiger partial charge in [0.2, 0.25) is 5.91 Å². The van der Waals surface area contributed by atoms with Gasteiger partial charge in [-0.1, -0.05) is 224 Å². The maximum Gasteiger partial charge on any atom is 0.472 e. The molecule has 0 aromatic heterocycles. The number of carbonyl (C=O) groups excluding carboxylic acids is 1. The standard InChI is InChI=1S/C52H103N2O6P/c1-6-8-10-12-14-16-18-20-22-24-26-28-29-31-33-35-37-39-41-43-45-51(55)50(49-60-61(57,58)59-48-47-54(3,4)5)53-52(56)46-44-42-40-38-36-34-32-30-27-25-23-21-19-17-15-13-11-9-7-2/h21,23,43,45,50-51,55H,6-20,22,24-42,44,46-49H2,1-5H3,(H-,53,56,57,58)/p+1/b23-21-,45-43+. The minimum Gasteiger partial charge on any atom is -0.387 e. The van der Waals surface area contributed by atoms with E-state index in [1.54, 1.807) is 6.08 Å². The van der Waals surface area contributed by atoms with Crippen LogP contribution in [-0.2, 0) is 18.4 Å². The number of nitrogens with one attached hydrogen (secondary N) is 1. The Balaban J connectivity index is 4.29. The van der Waals surface area contributed by atoms with Crippen LogP contribution in [0.4, 0.5) is 0 Å². The molecule has 61 heavy (non-hydrogen) atoms. The maximum atomic E-state index is 12.9. The van der Waals surface area contributed by atoms with Gasteiger partial charge in [0.1, 0.15) is 13.2 Å². The van der Waals surface area contributed by atoms with Gasteiger partial charge < -0.3 is 19.8 Å². The minimum absolute atomic E-state index is 0.0627. The number of aliphatic hydroxyl groups is 1. The lowest BCUT2D eigenvalue weighted by atomic mass is 10.0. The van der Waals surface area contributed by atoms with Crippen molar-refractivity contribution in [3.8, 4) is 0 Å². The molecule has 3 atom stereocenters. The molecule has 0 rings (SSSR count). The molecule has 362 valence electrons.